The van der Waals surface area contributed by atoms with E-state index < -0.39 is 5.97 Å². The number of hydrogen-bond donors (Lipinski definition) is 1. The number of nitrogens with zero attached hydrogens (tertiary/aromatic N) is 2. The van der Waals surface area contributed by atoms with Gasteiger partial charge in [0.1, 0.15) is 12.1 Å². The second-order valence-corrected chi connectivity index (χ2v) is 4.67. The second kappa shape index (κ2) is 5.38. The Hall–Kier alpha value is -2.66. The molecule has 6 heteroatoms. The van der Waals surface area contributed by atoms with E-state index in [4.69, 9.17) is 21.1 Å². The molecule has 0 amide bonds. The average Bonchev–Trinajstić information content (AvgIpc) is 3.01. The average molecular weight is 301 g/mol. The summed E-state index contributed by atoms with van der Waals surface area (Å²) in [6, 6.07) is 10.3. The Kier molecular flexibility index (Phi) is 3.41. The highest BCUT2D eigenvalue weighted by Gasteiger charge is 2.11. The van der Waals surface area contributed by atoms with Gasteiger partial charge < -0.3 is 9.52 Å². The Morgan fingerprint density at radius 2 is 2.05 bits per heavy atom. The number of aromatic carboxylic acids is 1. The fraction of sp³-hybridized carbons (Fsp3) is 0. The van der Waals surface area contributed by atoms with Gasteiger partial charge in [-0.25, -0.2) is 14.8 Å². The largest absolute Gasteiger partial charge is 0.477 e. The highest BCUT2D eigenvalue weighted by Crippen LogP contribution is 2.31. The second-order valence-electron chi connectivity index (χ2n) is 4.27. The maximum Gasteiger partial charge on any atom is 0.354 e. The van der Waals surface area contributed by atoms with Gasteiger partial charge in [0.05, 0.1) is 17.0 Å². The molecule has 3 rings (SSSR count). The van der Waals surface area contributed by atoms with Gasteiger partial charge in [-0.1, -0.05) is 17.7 Å². The van der Waals surface area contributed by atoms with Crippen molar-refractivity contribution in [3.05, 3.63) is 59.7 Å². The minimum absolute atomic E-state index is 0.0637. The summed E-state index contributed by atoms with van der Waals surface area (Å²) >= 11 is 6.25. The summed E-state index contributed by atoms with van der Waals surface area (Å²) in [6.45, 7) is 0. The van der Waals surface area contributed by atoms with Crippen LogP contribution in [-0.2, 0) is 0 Å². The van der Waals surface area contributed by atoms with Crippen LogP contribution < -0.4 is 0 Å². The fourth-order valence-electron chi connectivity index (χ4n) is 1.94. The standard InChI is InChI=1S/C15H9ClN2O3/c16-11-6-9(3-4-10(11)14-2-1-5-21-14)12-7-13(15(19)20)18-8-17-12/h1-8H,(H,19,20). The first-order valence-electron chi connectivity index (χ1n) is 6.04. The summed E-state index contributed by atoms with van der Waals surface area (Å²) in [5.74, 6) is -0.433. The molecule has 21 heavy (non-hydrogen) atoms. The minimum atomic E-state index is -1.10. The van der Waals surface area contributed by atoms with E-state index in [1.54, 1.807) is 30.5 Å². The Labute approximate surface area is 124 Å². The number of halogens is 1. The van der Waals surface area contributed by atoms with Crippen LogP contribution in [0.25, 0.3) is 22.6 Å². The molecular formula is C15H9ClN2O3. The Morgan fingerprint density at radius 3 is 2.71 bits per heavy atom. The molecule has 0 radical (unpaired) electrons. The zero-order valence-electron chi connectivity index (χ0n) is 10.7. The van der Waals surface area contributed by atoms with Crippen LogP contribution in [0.2, 0.25) is 5.02 Å². The molecule has 0 aliphatic carbocycles. The highest BCUT2D eigenvalue weighted by atomic mass is 35.5. The van der Waals surface area contributed by atoms with Crippen LogP contribution in [0.1, 0.15) is 10.5 Å². The number of benzene rings is 1. The summed E-state index contributed by atoms with van der Waals surface area (Å²) in [6.07, 6.45) is 2.79. The van der Waals surface area contributed by atoms with Crippen molar-refractivity contribution in [2.75, 3.05) is 0 Å². The number of carboxylic acids is 1. The maximum atomic E-state index is 10.9. The predicted molar refractivity (Wildman–Crippen MR) is 77.1 cm³/mol. The van der Waals surface area contributed by atoms with E-state index in [-0.39, 0.29) is 5.69 Å². The van der Waals surface area contributed by atoms with Gasteiger partial charge in [-0.3, -0.25) is 0 Å². The molecule has 0 unspecified atom stereocenters. The van der Waals surface area contributed by atoms with Crippen LogP contribution >= 0.6 is 11.6 Å². The van der Waals surface area contributed by atoms with Crippen LogP contribution in [0, 0.1) is 0 Å². The summed E-state index contributed by atoms with van der Waals surface area (Å²) in [7, 11) is 0. The van der Waals surface area contributed by atoms with Crippen molar-refractivity contribution in [1.29, 1.82) is 0 Å². The van der Waals surface area contributed by atoms with Crippen LogP contribution in [0.3, 0.4) is 0 Å². The molecular weight excluding hydrogens is 292 g/mol. The third-order valence-corrected chi connectivity index (χ3v) is 3.25. The summed E-state index contributed by atoms with van der Waals surface area (Å²) < 4.78 is 5.31. The molecule has 5 nitrogen and oxygen atoms in total. The van der Waals surface area contributed by atoms with Gasteiger partial charge in [-0.15, -0.1) is 0 Å². The molecule has 0 aliphatic heterocycles. The number of rotatable bonds is 3. The fourth-order valence-corrected chi connectivity index (χ4v) is 2.21. The van der Waals surface area contributed by atoms with Gasteiger partial charge in [0.2, 0.25) is 0 Å². The molecule has 2 heterocycles. The lowest BCUT2D eigenvalue weighted by atomic mass is 10.1. The van der Waals surface area contributed by atoms with E-state index >= 15 is 0 Å². The quantitative estimate of drug-likeness (QED) is 0.797. The number of carbonyl (C=O) groups is 1. The molecule has 104 valence electrons. The molecule has 0 atom stereocenters. The topological polar surface area (TPSA) is 76.2 Å². The highest BCUT2D eigenvalue weighted by molar-refractivity contribution is 6.33. The Bertz CT molecular complexity index is 800. The van der Waals surface area contributed by atoms with Crippen molar-refractivity contribution >= 4 is 17.6 Å². The molecule has 0 saturated heterocycles. The zero-order chi connectivity index (χ0) is 14.8. The number of hydrogen-bond acceptors (Lipinski definition) is 4. The van der Waals surface area contributed by atoms with E-state index in [0.29, 0.717) is 22.0 Å². The summed E-state index contributed by atoms with van der Waals surface area (Å²) in [5.41, 5.74) is 1.90. The Morgan fingerprint density at radius 1 is 1.19 bits per heavy atom. The number of carboxylic acid groups (broad SMARTS) is 1. The SMILES string of the molecule is O=C(O)c1cc(-c2ccc(-c3ccco3)c(Cl)c2)ncn1. The third-order valence-electron chi connectivity index (χ3n) is 2.94. The molecule has 0 aliphatic rings. The molecule has 0 fully saturated rings. The number of furan rings is 1. The predicted octanol–water partition coefficient (Wildman–Crippen LogP) is 3.76. The molecule has 1 aromatic carbocycles. The normalized spacial score (nSPS) is 10.5. The molecule has 2 aromatic heterocycles. The van der Waals surface area contributed by atoms with Crippen LogP contribution in [-0.4, -0.2) is 21.0 Å². The van der Waals surface area contributed by atoms with Gasteiger partial charge in [0.15, 0.2) is 5.69 Å². The van der Waals surface area contributed by atoms with Crippen molar-refractivity contribution in [1.82, 2.24) is 9.97 Å². The van der Waals surface area contributed by atoms with Crippen LogP contribution in [0.4, 0.5) is 0 Å². The van der Waals surface area contributed by atoms with E-state index in [2.05, 4.69) is 9.97 Å². The van der Waals surface area contributed by atoms with Crippen molar-refractivity contribution in [2.45, 2.75) is 0 Å². The van der Waals surface area contributed by atoms with E-state index in [1.165, 1.54) is 12.4 Å². The van der Waals surface area contributed by atoms with Crippen LogP contribution in [0.5, 0.6) is 0 Å². The maximum absolute atomic E-state index is 10.9. The Balaban J connectivity index is 2.03. The lowest BCUT2D eigenvalue weighted by molar-refractivity contribution is 0.0690. The van der Waals surface area contributed by atoms with Gasteiger partial charge >= 0.3 is 5.97 Å². The summed E-state index contributed by atoms with van der Waals surface area (Å²) in [5, 5.41) is 9.45. The minimum Gasteiger partial charge on any atom is -0.477 e. The first-order chi connectivity index (χ1) is 10.1. The first kappa shape index (κ1) is 13.3. The molecule has 3 aromatic rings. The van der Waals surface area contributed by atoms with Gasteiger partial charge in [-0.2, -0.15) is 0 Å². The first-order valence-corrected chi connectivity index (χ1v) is 6.42. The van der Waals surface area contributed by atoms with Crippen molar-refractivity contribution in [3.63, 3.8) is 0 Å². The molecule has 1 N–H and O–H groups in total. The van der Waals surface area contributed by atoms with Gasteiger partial charge in [-0.05, 0) is 30.3 Å². The lowest BCUT2D eigenvalue weighted by Gasteiger charge is -2.05. The van der Waals surface area contributed by atoms with Crippen molar-refractivity contribution in [3.8, 4) is 22.6 Å². The smallest absolute Gasteiger partial charge is 0.354 e. The van der Waals surface area contributed by atoms with Gasteiger partial charge in [0, 0.05) is 11.1 Å². The lowest BCUT2D eigenvalue weighted by Crippen LogP contribution is -2.01. The van der Waals surface area contributed by atoms with Crippen molar-refractivity contribution in [2.24, 2.45) is 0 Å². The van der Waals surface area contributed by atoms with E-state index in [0.717, 1.165) is 5.56 Å². The third kappa shape index (κ3) is 2.64. The summed E-state index contributed by atoms with van der Waals surface area (Å²) in [4.78, 5) is 18.7. The van der Waals surface area contributed by atoms with Gasteiger partial charge in [0.25, 0.3) is 0 Å². The molecule has 0 bridgehead atoms. The molecule has 0 saturated carbocycles. The monoisotopic (exact) mass is 300 g/mol. The van der Waals surface area contributed by atoms with E-state index in [9.17, 15) is 4.79 Å². The zero-order valence-corrected chi connectivity index (χ0v) is 11.4. The number of aromatic nitrogens is 2. The van der Waals surface area contributed by atoms with Crippen molar-refractivity contribution < 1.29 is 14.3 Å². The molecule has 0 spiro atoms. The van der Waals surface area contributed by atoms with Crippen LogP contribution in [0.15, 0.2) is 53.4 Å². The van der Waals surface area contributed by atoms with E-state index in [1.807, 2.05) is 6.07 Å².